The smallest absolute Gasteiger partial charge is 0.332 e. The number of para-hydroxylation sites is 1. The Bertz CT molecular complexity index is 1370. The maximum absolute atomic E-state index is 12.7. The Morgan fingerprint density at radius 3 is 2.67 bits per heavy atom. The lowest BCUT2D eigenvalue weighted by molar-refractivity contribution is -0.384. The number of nitrogens with two attached hydrogens (primary N) is 1. The number of ether oxygens (including phenoxy) is 1. The molecule has 11 nitrogen and oxygen atoms in total. The number of methoxy groups -OCH3 is 1. The van der Waals surface area contributed by atoms with Crippen molar-refractivity contribution in [1.82, 2.24) is 19.5 Å². The van der Waals surface area contributed by atoms with Gasteiger partial charge in [0.05, 0.1) is 23.3 Å². The van der Waals surface area contributed by atoms with E-state index < -0.39 is 16.5 Å². The monoisotopic (exact) mass is 406 g/mol. The molecule has 150 valence electrons. The van der Waals surface area contributed by atoms with Crippen molar-refractivity contribution in [2.45, 2.75) is 0 Å². The van der Waals surface area contributed by atoms with Gasteiger partial charge in [0.1, 0.15) is 11.3 Å². The largest absolute Gasteiger partial charge is 0.497 e. The first-order valence-corrected chi connectivity index (χ1v) is 8.61. The van der Waals surface area contributed by atoms with Gasteiger partial charge >= 0.3 is 5.69 Å². The third-order valence-electron chi connectivity index (χ3n) is 4.42. The van der Waals surface area contributed by atoms with E-state index in [0.717, 1.165) is 0 Å². The molecule has 0 atom stereocenters. The van der Waals surface area contributed by atoms with Crippen LogP contribution in [0.25, 0.3) is 28.2 Å². The van der Waals surface area contributed by atoms with Crippen LogP contribution in [0.15, 0.2) is 53.3 Å². The first-order chi connectivity index (χ1) is 14.4. The Hall–Kier alpha value is -4.54. The second-order valence-corrected chi connectivity index (χ2v) is 6.20. The van der Waals surface area contributed by atoms with Crippen LogP contribution >= 0.6 is 0 Å². The summed E-state index contributed by atoms with van der Waals surface area (Å²) in [7, 11) is 1.48. The van der Waals surface area contributed by atoms with Gasteiger partial charge in [0.2, 0.25) is 0 Å². The molecule has 0 spiro atoms. The molecule has 0 unspecified atom stereocenters. The topological polar surface area (TPSA) is 159 Å². The highest BCUT2D eigenvalue weighted by Crippen LogP contribution is 2.29. The first-order valence-electron chi connectivity index (χ1n) is 8.61. The molecular formula is C19H14N6O5. The van der Waals surface area contributed by atoms with Crippen LogP contribution in [0.3, 0.4) is 0 Å². The number of aromatic amines is 1. The average Bonchev–Trinajstić information content (AvgIpc) is 3.08. The number of carbonyl (C=O) groups is 1. The molecule has 30 heavy (non-hydrogen) atoms. The van der Waals surface area contributed by atoms with E-state index >= 15 is 0 Å². The Balaban J connectivity index is 2.08. The third kappa shape index (κ3) is 3.03. The molecule has 3 N–H and O–H groups in total. The third-order valence-corrected chi connectivity index (χ3v) is 4.42. The van der Waals surface area contributed by atoms with E-state index in [1.165, 1.54) is 29.9 Å². The Kier molecular flexibility index (Phi) is 4.47. The fraction of sp³-hybridized carbons (Fsp3) is 0.0526. The molecule has 2 heterocycles. The maximum atomic E-state index is 12.7. The van der Waals surface area contributed by atoms with Gasteiger partial charge in [0, 0.05) is 12.1 Å². The molecule has 0 aliphatic heterocycles. The van der Waals surface area contributed by atoms with E-state index in [0.29, 0.717) is 11.4 Å². The number of nitro benzene ring substituents is 1. The van der Waals surface area contributed by atoms with E-state index in [-0.39, 0.29) is 33.9 Å². The highest BCUT2D eigenvalue weighted by molar-refractivity contribution is 6.02. The van der Waals surface area contributed by atoms with Crippen LogP contribution in [0.2, 0.25) is 0 Å². The molecule has 1 amide bonds. The SMILES string of the molecule is COc1cccc(-n2c(=O)[nH]c3c(C(N)=O)nc(-c4ccccc4[N+](=O)[O-])nc32)c1. The predicted octanol–water partition coefficient (Wildman–Crippen LogP) is 1.79. The van der Waals surface area contributed by atoms with E-state index in [2.05, 4.69) is 15.0 Å². The van der Waals surface area contributed by atoms with Gasteiger partial charge in [-0.25, -0.2) is 19.3 Å². The lowest BCUT2D eigenvalue weighted by Crippen LogP contribution is -2.15. The second kappa shape index (κ2) is 7.13. The minimum absolute atomic E-state index is 0.0256. The zero-order valence-electron chi connectivity index (χ0n) is 15.5. The van der Waals surface area contributed by atoms with Crippen molar-refractivity contribution in [3.05, 3.63) is 74.8 Å². The zero-order valence-corrected chi connectivity index (χ0v) is 15.5. The van der Waals surface area contributed by atoms with Crippen molar-refractivity contribution >= 4 is 22.8 Å². The van der Waals surface area contributed by atoms with E-state index in [1.54, 1.807) is 30.3 Å². The van der Waals surface area contributed by atoms with Crippen molar-refractivity contribution in [3.8, 4) is 22.8 Å². The number of amides is 1. The van der Waals surface area contributed by atoms with Gasteiger partial charge in [-0.1, -0.05) is 18.2 Å². The molecule has 11 heteroatoms. The van der Waals surface area contributed by atoms with Gasteiger partial charge in [-0.2, -0.15) is 0 Å². The van der Waals surface area contributed by atoms with Crippen molar-refractivity contribution in [2.24, 2.45) is 5.73 Å². The molecule has 0 saturated carbocycles. The highest BCUT2D eigenvalue weighted by atomic mass is 16.6. The van der Waals surface area contributed by atoms with Crippen molar-refractivity contribution in [1.29, 1.82) is 0 Å². The summed E-state index contributed by atoms with van der Waals surface area (Å²) in [4.78, 5) is 46.5. The summed E-state index contributed by atoms with van der Waals surface area (Å²) >= 11 is 0. The van der Waals surface area contributed by atoms with Crippen LogP contribution in [0.5, 0.6) is 5.75 Å². The maximum Gasteiger partial charge on any atom is 0.332 e. The van der Waals surface area contributed by atoms with Crippen LogP contribution in [0.1, 0.15) is 10.5 Å². The summed E-state index contributed by atoms with van der Waals surface area (Å²) in [5.74, 6) is -0.530. The van der Waals surface area contributed by atoms with Gasteiger partial charge in [-0.15, -0.1) is 0 Å². The minimum Gasteiger partial charge on any atom is -0.497 e. The molecular weight excluding hydrogens is 392 g/mol. The molecule has 0 saturated heterocycles. The van der Waals surface area contributed by atoms with Crippen LogP contribution in [-0.4, -0.2) is 37.5 Å². The number of hydrogen-bond donors (Lipinski definition) is 2. The summed E-state index contributed by atoms with van der Waals surface area (Å²) in [6.07, 6.45) is 0. The average molecular weight is 406 g/mol. The standard InChI is InChI=1S/C19H14N6O5/c1-30-11-6-4-5-10(9-11)24-18-15(22-19(24)27)14(16(20)26)21-17(23-18)12-7-2-3-8-13(12)25(28)29/h2-9H,1H3,(H2,20,26)(H,22,27). The summed E-state index contributed by atoms with van der Waals surface area (Å²) in [6, 6.07) is 12.4. The molecule has 2 aromatic carbocycles. The van der Waals surface area contributed by atoms with E-state index in [4.69, 9.17) is 10.5 Å². The number of primary amides is 1. The predicted molar refractivity (Wildman–Crippen MR) is 107 cm³/mol. The van der Waals surface area contributed by atoms with Crippen LogP contribution in [-0.2, 0) is 0 Å². The summed E-state index contributed by atoms with van der Waals surface area (Å²) < 4.78 is 6.41. The van der Waals surface area contributed by atoms with Gasteiger partial charge < -0.3 is 15.5 Å². The van der Waals surface area contributed by atoms with Crippen LogP contribution in [0.4, 0.5) is 5.69 Å². The van der Waals surface area contributed by atoms with Crippen LogP contribution < -0.4 is 16.2 Å². The number of hydrogen-bond acceptors (Lipinski definition) is 7. The quantitative estimate of drug-likeness (QED) is 0.377. The highest BCUT2D eigenvalue weighted by Gasteiger charge is 2.23. The number of benzene rings is 2. The fourth-order valence-corrected chi connectivity index (χ4v) is 3.09. The van der Waals surface area contributed by atoms with E-state index in [1.807, 2.05) is 0 Å². The van der Waals surface area contributed by atoms with E-state index in [9.17, 15) is 19.7 Å². The number of fused-ring (bicyclic) bond motifs is 1. The second-order valence-electron chi connectivity index (χ2n) is 6.20. The molecule has 0 radical (unpaired) electrons. The number of nitrogens with zero attached hydrogens (tertiary/aromatic N) is 4. The molecule has 0 fully saturated rings. The number of nitrogens with one attached hydrogen (secondary N) is 1. The lowest BCUT2D eigenvalue weighted by Gasteiger charge is -2.08. The Morgan fingerprint density at radius 1 is 1.20 bits per heavy atom. The molecule has 0 bridgehead atoms. The van der Waals surface area contributed by atoms with Crippen molar-refractivity contribution < 1.29 is 14.5 Å². The number of nitro groups is 1. The molecule has 2 aromatic heterocycles. The number of carbonyl (C=O) groups excluding carboxylic acids is 1. The van der Waals surface area contributed by atoms with Gasteiger partial charge in [0.25, 0.3) is 11.6 Å². The number of imidazole rings is 1. The Labute approximate surface area is 167 Å². The summed E-state index contributed by atoms with van der Waals surface area (Å²) in [6.45, 7) is 0. The molecule has 0 aliphatic rings. The number of rotatable bonds is 5. The lowest BCUT2D eigenvalue weighted by atomic mass is 10.1. The van der Waals surface area contributed by atoms with Crippen LogP contribution in [0, 0.1) is 10.1 Å². The molecule has 4 aromatic rings. The number of H-pyrrole nitrogens is 1. The zero-order chi connectivity index (χ0) is 21.4. The normalized spacial score (nSPS) is 10.8. The van der Waals surface area contributed by atoms with Gasteiger partial charge in [-0.3, -0.25) is 14.9 Å². The fourth-order valence-electron chi connectivity index (χ4n) is 3.09. The number of aromatic nitrogens is 4. The van der Waals surface area contributed by atoms with Crippen molar-refractivity contribution in [2.75, 3.05) is 7.11 Å². The summed E-state index contributed by atoms with van der Waals surface area (Å²) in [5.41, 5.74) is 4.92. The molecule has 4 rings (SSSR count). The first kappa shape index (κ1) is 18.8. The molecule has 0 aliphatic carbocycles. The van der Waals surface area contributed by atoms with Crippen molar-refractivity contribution in [3.63, 3.8) is 0 Å². The Morgan fingerprint density at radius 2 is 1.97 bits per heavy atom. The van der Waals surface area contributed by atoms with Gasteiger partial charge in [0.15, 0.2) is 17.2 Å². The summed E-state index contributed by atoms with van der Waals surface area (Å²) in [5, 5.41) is 11.4. The minimum atomic E-state index is -0.915. The van der Waals surface area contributed by atoms with Gasteiger partial charge in [-0.05, 0) is 18.2 Å².